The van der Waals surface area contributed by atoms with E-state index in [1.807, 2.05) is 42.5 Å². The van der Waals surface area contributed by atoms with E-state index in [1.54, 1.807) is 12.1 Å². The van der Waals surface area contributed by atoms with E-state index in [4.69, 9.17) is 16.9 Å². The maximum absolute atomic E-state index is 12.0. The first-order valence-electron chi connectivity index (χ1n) is 7.57. The molecule has 0 unspecified atom stereocenters. The summed E-state index contributed by atoms with van der Waals surface area (Å²) in [5.41, 5.74) is 14.1. The van der Waals surface area contributed by atoms with Gasteiger partial charge < -0.3 is 16.8 Å². The SMILES string of the molecule is N=C(N)c1ccc(CNC(=O)[C@@H](N)CCc2ccccc2)cc1. The van der Waals surface area contributed by atoms with Crippen molar-refractivity contribution in [2.75, 3.05) is 0 Å². The monoisotopic (exact) mass is 310 g/mol. The summed E-state index contributed by atoms with van der Waals surface area (Å²) in [5.74, 6) is -0.125. The first-order valence-corrected chi connectivity index (χ1v) is 7.57. The number of benzene rings is 2. The van der Waals surface area contributed by atoms with Crippen molar-refractivity contribution in [2.45, 2.75) is 25.4 Å². The van der Waals surface area contributed by atoms with Gasteiger partial charge in [-0.2, -0.15) is 0 Å². The smallest absolute Gasteiger partial charge is 0.237 e. The van der Waals surface area contributed by atoms with Crippen LogP contribution in [0.3, 0.4) is 0 Å². The van der Waals surface area contributed by atoms with E-state index in [0.29, 0.717) is 18.5 Å². The molecule has 1 atom stereocenters. The summed E-state index contributed by atoms with van der Waals surface area (Å²) >= 11 is 0. The van der Waals surface area contributed by atoms with Gasteiger partial charge in [-0.05, 0) is 24.0 Å². The highest BCUT2D eigenvalue weighted by Crippen LogP contribution is 2.06. The quantitative estimate of drug-likeness (QED) is 0.460. The third kappa shape index (κ3) is 5.23. The van der Waals surface area contributed by atoms with E-state index in [1.165, 1.54) is 5.56 Å². The van der Waals surface area contributed by atoms with E-state index in [-0.39, 0.29) is 11.7 Å². The van der Waals surface area contributed by atoms with Crippen molar-refractivity contribution in [3.05, 3.63) is 71.3 Å². The van der Waals surface area contributed by atoms with E-state index < -0.39 is 6.04 Å². The van der Waals surface area contributed by atoms with Crippen LogP contribution in [0.15, 0.2) is 54.6 Å². The standard InChI is InChI=1S/C18H22N4O/c19-16(11-8-13-4-2-1-3-5-13)18(23)22-12-14-6-9-15(10-7-14)17(20)21/h1-7,9-10,16H,8,11-12,19H2,(H3,20,21)(H,22,23)/t16-/m0/s1. The Morgan fingerprint density at radius 2 is 1.70 bits per heavy atom. The van der Waals surface area contributed by atoms with Crippen molar-refractivity contribution in [3.63, 3.8) is 0 Å². The first-order chi connectivity index (χ1) is 11.1. The zero-order valence-corrected chi connectivity index (χ0v) is 13.0. The minimum atomic E-state index is -0.522. The fraction of sp³-hybridized carbons (Fsp3) is 0.222. The van der Waals surface area contributed by atoms with Crippen molar-refractivity contribution < 1.29 is 4.79 Å². The van der Waals surface area contributed by atoms with Gasteiger partial charge in [-0.25, -0.2) is 0 Å². The lowest BCUT2D eigenvalue weighted by molar-refractivity contribution is -0.122. The van der Waals surface area contributed by atoms with Crippen molar-refractivity contribution in [1.29, 1.82) is 5.41 Å². The zero-order chi connectivity index (χ0) is 16.7. The third-order valence-electron chi connectivity index (χ3n) is 3.66. The summed E-state index contributed by atoms with van der Waals surface area (Å²) in [6, 6.07) is 16.7. The van der Waals surface area contributed by atoms with Gasteiger partial charge in [0, 0.05) is 12.1 Å². The molecule has 2 aromatic rings. The van der Waals surface area contributed by atoms with Crippen LogP contribution in [0, 0.1) is 5.41 Å². The largest absolute Gasteiger partial charge is 0.384 e. The Balaban J connectivity index is 1.78. The molecule has 0 aliphatic heterocycles. The molecule has 2 rings (SSSR count). The molecule has 5 nitrogen and oxygen atoms in total. The van der Waals surface area contributed by atoms with E-state index in [9.17, 15) is 4.79 Å². The number of nitrogens with one attached hydrogen (secondary N) is 2. The van der Waals surface area contributed by atoms with Crippen LogP contribution in [0.2, 0.25) is 0 Å². The molecule has 0 saturated heterocycles. The number of hydrogen-bond acceptors (Lipinski definition) is 3. The van der Waals surface area contributed by atoms with Gasteiger partial charge in [-0.1, -0.05) is 54.6 Å². The first kappa shape index (κ1) is 16.7. The molecule has 0 aliphatic carbocycles. The van der Waals surface area contributed by atoms with Gasteiger partial charge in [0.15, 0.2) is 0 Å². The molecule has 1 amide bonds. The van der Waals surface area contributed by atoms with Crippen LogP contribution < -0.4 is 16.8 Å². The molecule has 6 N–H and O–H groups in total. The Morgan fingerprint density at radius 3 is 2.30 bits per heavy atom. The second-order valence-electron chi connectivity index (χ2n) is 5.46. The summed E-state index contributed by atoms with van der Waals surface area (Å²) in [5, 5.41) is 10.2. The van der Waals surface area contributed by atoms with Crippen LogP contribution in [0.5, 0.6) is 0 Å². The Kier molecular flexibility index (Phi) is 5.88. The molecule has 0 aliphatic rings. The number of rotatable bonds is 7. The molecule has 0 spiro atoms. The molecule has 0 fully saturated rings. The molecule has 23 heavy (non-hydrogen) atoms. The maximum Gasteiger partial charge on any atom is 0.237 e. The van der Waals surface area contributed by atoms with Gasteiger partial charge in [-0.15, -0.1) is 0 Å². The second kappa shape index (κ2) is 8.10. The molecule has 5 heteroatoms. The zero-order valence-electron chi connectivity index (χ0n) is 13.0. The average molecular weight is 310 g/mol. The van der Waals surface area contributed by atoms with Crippen molar-refractivity contribution in [2.24, 2.45) is 11.5 Å². The van der Waals surface area contributed by atoms with Crippen molar-refractivity contribution in [1.82, 2.24) is 5.32 Å². The third-order valence-corrected chi connectivity index (χ3v) is 3.66. The summed E-state index contributed by atoms with van der Waals surface area (Å²) in [7, 11) is 0. The van der Waals surface area contributed by atoms with Gasteiger partial charge in [0.2, 0.25) is 5.91 Å². The van der Waals surface area contributed by atoms with Gasteiger partial charge in [0.1, 0.15) is 5.84 Å². The Bertz CT molecular complexity index is 652. The molecule has 0 heterocycles. The molecule has 0 saturated carbocycles. The fourth-order valence-corrected chi connectivity index (χ4v) is 2.22. The summed E-state index contributed by atoms with van der Waals surface area (Å²) in [4.78, 5) is 12.0. The fourth-order valence-electron chi connectivity index (χ4n) is 2.22. The van der Waals surface area contributed by atoms with E-state index in [2.05, 4.69) is 5.32 Å². The Morgan fingerprint density at radius 1 is 1.04 bits per heavy atom. The number of hydrogen-bond donors (Lipinski definition) is 4. The predicted octanol–water partition coefficient (Wildman–Crippen LogP) is 1.55. The Labute approximate surface area is 136 Å². The van der Waals surface area contributed by atoms with Gasteiger partial charge in [0.05, 0.1) is 6.04 Å². The summed E-state index contributed by atoms with van der Waals surface area (Å²) in [6.07, 6.45) is 1.39. The van der Waals surface area contributed by atoms with Gasteiger partial charge in [0.25, 0.3) is 0 Å². The van der Waals surface area contributed by atoms with Crippen molar-refractivity contribution >= 4 is 11.7 Å². The normalized spacial score (nSPS) is 11.7. The average Bonchev–Trinajstić information content (AvgIpc) is 2.58. The highest BCUT2D eigenvalue weighted by molar-refractivity contribution is 5.94. The number of nitrogen functional groups attached to an aromatic ring is 1. The number of amides is 1. The minimum absolute atomic E-state index is 0.0310. The molecule has 2 aromatic carbocycles. The van der Waals surface area contributed by atoms with Crippen LogP contribution >= 0.6 is 0 Å². The van der Waals surface area contributed by atoms with E-state index >= 15 is 0 Å². The Hall–Kier alpha value is -2.66. The molecular weight excluding hydrogens is 288 g/mol. The maximum atomic E-state index is 12.0. The lowest BCUT2D eigenvalue weighted by Crippen LogP contribution is -2.40. The number of carbonyl (C=O) groups excluding carboxylic acids is 1. The molecule has 0 radical (unpaired) electrons. The van der Waals surface area contributed by atoms with E-state index in [0.717, 1.165) is 12.0 Å². The van der Waals surface area contributed by atoms with Crippen LogP contribution in [0.4, 0.5) is 0 Å². The molecule has 0 aromatic heterocycles. The highest BCUT2D eigenvalue weighted by Gasteiger charge is 2.12. The number of carbonyl (C=O) groups is 1. The summed E-state index contributed by atoms with van der Waals surface area (Å²) < 4.78 is 0. The minimum Gasteiger partial charge on any atom is -0.384 e. The van der Waals surface area contributed by atoms with Crippen LogP contribution in [0.25, 0.3) is 0 Å². The molecule has 120 valence electrons. The topological polar surface area (TPSA) is 105 Å². The van der Waals surface area contributed by atoms with Crippen LogP contribution in [0.1, 0.15) is 23.1 Å². The number of amidine groups is 1. The predicted molar refractivity (Wildman–Crippen MR) is 92.0 cm³/mol. The number of aryl methyl sites for hydroxylation is 1. The van der Waals surface area contributed by atoms with Crippen molar-refractivity contribution in [3.8, 4) is 0 Å². The lowest BCUT2D eigenvalue weighted by atomic mass is 10.1. The summed E-state index contributed by atoms with van der Waals surface area (Å²) in [6.45, 7) is 0.413. The van der Waals surface area contributed by atoms with Gasteiger partial charge >= 0.3 is 0 Å². The van der Waals surface area contributed by atoms with Crippen LogP contribution in [-0.4, -0.2) is 17.8 Å². The number of nitrogens with two attached hydrogens (primary N) is 2. The van der Waals surface area contributed by atoms with Crippen LogP contribution in [-0.2, 0) is 17.8 Å². The molecule has 0 bridgehead atoms. The molecular formula is C18H22N4O. The highest BCUT2D eigenvalue weighted by atomic mass is 16.2. The lowest BCUT2D eigenvalue weighted by Gasteiger charge is -2.12. The second-order valence-corrected chi connectivity index (χ2v) is 5.46. The van der Waals surface area contributed by atoms with Gasteiger partial charge in [-0.3, -0.25) is 10.2 Å².